The Morgan fingerprint density at radius 1 is 0.947 bits per heavy atom. The van der Waals surface area contributed by atoms with Crippen LogP contribution in [0.3, 0.4) is 0 Å². The van der Waals surface area contributed by atoms with Crippen LogP contribution in [-0.2, 0) is 0 Å². The molecule has 1 fully saturated rings. The molecular formula is C27H27Cl2N5OS3. The van der Waals surface area contributed by atoms with Gasteiger partial charge < -0.3 is 15.4 Å². The summed E-state index contributed by atoms with van der Waals surface area (Å²) >= 11 is 5.02. The second kappa shape index (κ2) is 13.6. The quantitative estimate of drug-likeness (QED) is 0.186. The molecule has 1 aliphatic heterocycles. The first-order chi connectivity index (χ1) is 17.8. The highest BCUT2D eigenvalue weighted by atomic mass is 35.5. The van der Waals surface area contributed by atoms with E-state index >= 15 is 0 Å². The summed E-state index contributed by atoms with van der Waals surface area (Å²) in [7, 11) is 0. The molecular weight excluding hydrogens is 577 g/mol. The molecule has 38 heavy (non-hydrogen) atoms. The predicted molar refractivity (Wildman–Crippen MR) is 163 cm³/mol. The van der Waals surface area contributed by atoms with Gasteiger partial charge in [0, 0.05) is 33.8 Å². The highest BCUT2D eigenvalue weighted by Gasteiger charge is 2.30. The minimum Gasteiger partial charge on any atom is -0.455 e. The van der Waals surface area contributed by atoms with Gasteiger partial charge in [-0.25, -0.2) is 4.98 Å². The van der Waals surface area contributed by atoms with Crippen molar-refractivity contribution in [2.45, 2.75) is 28.7 Å². The number of thiophene rings is 1. The molecule has 0 aliphatic carbocycles. The van der Waals surface area contributed by atoms with Crippen LogP contribution in [0.4, 0.5) is 5.13 Å². The summed E-state index contributed by atoms with van der Waals surface area (Å²) in [5.74, 6) is 1.99. The zero-order valence-corrected chi connectivity index (χ0v) is 24.4. The monoisotopic (exact) mass is 603 g/mol. The largest absolute Gasteiger partial charge is 0.455 e. The number of nitrogens with zero attached hydrogens (tertiary/aromatic N) is 3. The van der Waals surface area contributed by atoms with Gasteiger partial charge in [0.2, 0.25) is 0 Å². The van der Waals surface area contributed by atoms with E-state index in [4.69, 9.17) is 9.72 Å². The highest BCUT2D eigenvalue weighted by molar-refractivity contribution is 7.99. The number of ether oxygens (including phenoxy) is 1. The third-order valence-corrected chi connectivity index (χ3v) is 9.01. The molecule has 1 unspecified atom stereocenters. The first kappa shape index (κ1) is 28.6. The van der Waals surface area contributed by atoms with Crippen LogP contribution in [0.15, 0.2) is 87.7 Å². The van der Waals surface area contributed by atoms with E-state index in [0.717, 1.165) is 58.7 Å². The molecule has 5 aromatic rings. The molecule has 0 saturated carbocycles. The van der Waals surface area contributed by atoms with Crippen LogP contribution in [0, 0.1) is 5.92 Å². The van der Waals surface area contributed by atoms with Crippen LogP contribution < -0.4 is 15.4 Å². The van der Waals surface area contributed by atoms with Crippen LogP contribution in [0.1, 0.15) is 24.6 Å². The van der Waals surface area contributed by atoms with Crippen molar-refractivity contribution in [1.82, 2.24) is 20.3 Å². The van der Waals surface area contributed by atoms with Crippen LogP contribution >= 0.6 is 59.2 Å². The van der Waals surface area contributed by atoms with E-state index in [1.165, 1.54) is 9.60 Å². The molecule has 0 bridgehead atoms. The molecule has 1 aliphatic rings. The zero-order valence-electron chi connectivity index (χ0n) is 20.3. The number of aromatic nitrogens is 3. The third kappa shape index (κ3) is 6.59. The lowest BCUT2D eigenvalue weighted by Gasteiger charge is -2.32. The van der Waals surface area contributed by atoms with Gasteiger partial charge in [0.1, 0.15) is 11.4 Å². The van der Waals surface area contributed by atoms with Crippen molar-refractivity contribution in [2.75, 3.05) is 18.4 Å². The van der Waals surface area contributed by atoms with Gasteiger partial charge in [-0.2, -0.15) is 0 Å². The van der Waals surface area contributed by atoms with Crippen molar-refractivity contribution in [2.24, 2.45) is 5.92 Å². The molecule has 4 aromatic heterocycles. The molecule has 6 rings (SSSR count). The third-order valence-electron chi connectivity index (χ3n) is 6.22. The fraction of sp³-hybridized carbons (Fsp3) is 0.222. The van der Waals surface area contributed by atoms with Crippen molar-refractivity contribution in [3.05, 3.63) is 83.6 Å². The standard InChI is InChI=1S/C27H25N5OS3.2ClH/c1-2-4-19(5-3-1)33-22-16-20(36-23-8-12-29-21-9-14-34-26(21)23)17-31-25(22)24(18-6-10-28-11-7-18)32-27-30-13-15-35-27;;/h1-5,8-9,12-18,24,28H,6-7,10-11H2,(H,30,32);2*1H. The minimum absolute atomic E-state index is 0. The van der Waals surface area contributed by atoms with E-state index in [1.807, 2.05) is 54.3 Å². The van der Waals surface area contributed by atoms with Crippen LogP contribution in [0.5, 0.6) is 11.5 Å². The molecule has 5 heterocycles. The number of nitrogens with one attached hydrogen (secondary N) is 2. The van der Waals surface area contributed by atoms with E-state index < -0.39 is 0 Å². The minimum atomic E-state index is 0. The van der Waals surface area contributed by atoms with Gasteiger partial charge in [0.25, 0.3) is 0 Å². The summed E-state index contributed by atoms with van der Waals surface area (Å²) in [6.07, 6.45) is 7.81. The molecule has 6 nitrogen and oxygen atoms in total. The summed E-state index contributed by atoms with van der Waals surface area (Å²) in [4.78, 5) is 16.2. The first-order valence-corrected chi connectivity index (χ1v) is 14.5. The number of benzene rings is 1. The molecule has 0 spiro atoms. The Bertz CT molecular complexity index is 1430. The maximum absolute atomic E-state index is 6.49. The number of pyridine rings is 2. The summed E-state index contributed by atoms with van der Waals surface area (Å²) in [5.41, 5.74) is 1.94. The molecule has 1 aromatic carbocycles. The van der Waals surface area contributed by atoms with Crippen molar-refractivity contribution in [3.8, 4) is 11.5 Å². The van der Waals surface area contributed by atoms with Gasteiger partial charge in [0.15, 0.2) is 10.9 Å². The first-order valence-electron chi connectivity index (χ1n) is 11.9. The fourth-order valence-corrected chi connectivity index (χ4v) is 6.94. The Balaban J connectivity index is 0.00000168. The Morgan fingerprint density at radius 3 is 2.58 bits per heavy atom. The summed E-state index contributed by atoms with van der Waals surface area (Å²) in [5, 5.41) is 12.2. The van der Waals surface area contributed by atoms with Crippen LogP contribution in [0.25, 0.3) is 10.2 Å². The number of fused-ring (bicyclic) bond motifs is 1. The van der Waals surface area contributed by atoms with E-state index in [-0.39, 0.29) is 30.9 Å². The molecule has 1 atom stereocenters. The van der Waals surface area contributed by atoms with E-state index in [9.17, 15) is 0 Å². The second-order valence-corrected chi connectivity index (χ2v) is 11.5. The molecule has 2 N–H and O–H groups in total. The Kier molecular flexibility index (Phi) is 10.2. The topological polar surface area (TPSA) is 72.0 Å². The number of rotatable bonds is 8. The maximum atomic E-state index is 6.49. The van der Waals surface area contributed by atoms with E-state index in [2.05, 4.69) is 44.2 Å². The average molecular weight is 605 g/mol. The lowest BCUT2D eigenvalue weighted by Crippen LogP contribution is -2.34. The van der Waals surface area contributed by atoms with Crippen LogP contribution in [0.2, 0.25) is 0 Å². The van der Waals surface area contributed by atoms with Crippen LogP contribution in [-0.4, -0.2) is 28.0 Å². The molecule has 198 valence electrons. The molecule has 1 saturated heterocycles. The van der Waals surface area contributed by atoms with Gasteiger partial charge in [-0.05, 0) is 67.6 Å². The number of hydrogen-bond acceptors (Lipinski definition) is 9. The van der Waals surface area contributed by atoms with Gasteiger partial charge >= 0.3 is 0 Å². The molecule has 11 heteroatoms. The predicted octanol–water partition coefficient (Wildman–Crippen LogP) is 8.09. The Labute approximate surface area is 246 Å². The van der Waals surface area contributed by atoms with Gasteiger partial charge in [-0.1, -0.05) is 30.0 Å². The van der Waals surface area contributed by atoms with E-state index in [0.29, 0.717) is 5.92 Å². The Morgan fingerprint density at radius 2 is 1.79 bits per heavy atom. The smallest absolute Gasteiger partial charge is 0.183 e. The highest BCUT2D eigenvalue weighted by Crippen LogP contribution is 2.41. The lowest BCUT2D eigenvalue weighted by atomic mass is 9.88. The normalized spacial score (nSPS) is 14.3. The lowest BCUT2D eigenvalue weighted by molar-refractivity contribution is 0.326. The SMILES string of the molecule is Cl.Cl.c1ccc(Oc2cc(Sc3ccnc4ccsc34)cnc2C(Nc2nccs2)C2CCNCC2)cc1. The summed E-state index contributed by atoms with van der Waals surface area (Å²) < 4.78 is 7.68. The summed E-state index contributed by atoms with van der Waals surface area (Å²) in [6.45, 7) is 2.00. The zero-order chi connectivity index (χ0) is 24.2. The number of piperidine rings is 1. The number of halogens is 2. The second-order valence-electron chi connectivity index (χ2n) is 8.56. The average Bonchev–Trinajstić information content (AvgIpc) is 3.62. The van der Waals surface area contributed by atoms with Crippen molar-refractivity contribution < 1.29 is 4.74 Å². The van der Waals surface area contributed by atoms with Crippen molar-refractivity contribution in [1.29, 1.82) is 0 Å². The molecule has 0 radical (unpaired) electrons. The fourth-order valence-electron chi connectivity index (χ4n) is 4.50. The molecule has 0 amide bonds. The van der Waals surface area contributed by atoms with E-state index in [1.54, 1.807) is 34.4 Å². The summed E-state index contributed by atoms with van der Waals surface area (Å²) in [6, 6.07) is 16.2. The van der Waals surface area contributed by atoms with Gasteiger partial charge in [-0.3, -0.25) is 9.97 Å². The van der Waals surface area contributed by atoms with Gasteiger partial charge in [0.05, 0.1) is 16.3 Å². The number of hydrogen-bond donors (Lipinski definition) is 2. The number of thiazole rings is 1. The van der Waals surface area contributed by atoms with Gasteiger partial charge in [-0.15, -0.1) is 47.5 Å². The number of anilines is 1. The Hall–Kier alpha value is -2.40. The van der Waals surface area contributed by atoms with Crippen molar-refractivity contribution >= 4 is 74.6 Å². The number of para-hydroxylation sites is 1. The maximum Gasteiger partial charge on any atom is 0.183 e. The van der Waals surface area contributed by atoms with Crippen molar-refractivity contribution in [3.63, 3.8) is 0 Å².